The Hall–Kier alpha value is -2.11. The van der Waals surface area contributed by atoms with Crippen molar-refractivity contribution < 1.29 is 52.9 Å². The van der Waals surface area contributed by atoms with Crippen molar-refractivity contribution >= 4 is 19.8 Å². The first-order valence-corrected chi connectivity index (χ1v) is 26.1. The van der Waals surface area contributed by atoms with E-state index in [2.05, 4.69) is 50.3 Å². The lowest BCUT2D eigenvalue weighted by Gasteiger charge is -2.20. The van der Waals surface area contributed by atoms with Crippen LogP contribution < -0.4 is 0 Å². The van der Waals surface area contributed by atoms with Crippen LogP contribution in [0.2, 0.25) is 0 Å². The number of carbonyl (C=O) groups excluding carboxylic acids is 2. The number of unbranched alkanes of at least 4 members (excludes halogenated alkanes) is 21. The number of allylic oxidation sites excluding steroid dienone is 8. The summed E-state index contributed by atoms with van der Waals surface area (Å²) in [5.74, 6) is -0.159. The Bertz CT molecular complexity index is 1190. The number of aliphatic hydroxyl groups is 3. The number of rotatable bonds is 46. The van der Waals surface area contributed by atoms with Crippen molar-refractivity contribution in [1.82, 2.24) is 0 Å². The van der Waals surface area contributed by atoms with Crippen molar-refractivity contribution in [1.29, 1.82) is 0 Å². The minimum Gasteiger partial charge on any atom is -0.462 e. The molecule has 11 nitrogen and oxygen atoms in total. The molecule has 0 bridgehead atoms. The van der Waals surface area contributed by atoms with Gasteiger partial charge in [0.05, 0.1) is 19.8 Å². The number of phosphoric acid groups is 1. The molecule has 12 heteroatoms. The summed E-state index contributed by atoms with van der Waals surface area (Å²) >= 11 is 0. The summed E-state index contributed by atoms with van der Waals surface area (Å²) < 4.78 is 32.7. The molecule has 0 fully saturated rings. The van der Waals surface area contributed by atoms with Crippen molar-refractivity contribution in [2.24, 2.45) is 5.92 Å². The summed E-state index contributed by atoms with van der Waals surface area (Å²) in [6, 6.07) is 0. The van der Waals surface area contributed by atoms with Crippen molar-refractivity contribution in [3.05, 3.63) is 48.6 Å². The molecule has 0 aromatic carbocycles. The molecule has 0 amide bonds. The molecule has 3 atom stereocenters. The first-order chi connectivity index (χ1) is 30.1. The van der Waals surface area contributed by atoms with Gasteiger partial charge in [-0.1, -0.05) is 184 Å². The van der Waals surface area contributed by atoms with Crippen LogP contribution in [-0.4, -0.2) is 77.4 Å². The zero-order valence-electron chi connectivity index (χ0n) is 39.2. The van der Waals surface area contributed by atoms with Crippen molar-refractivity contribution in [2.75, 3.05) is 33.0 Å². The van der Waals surface area contributed by atoms with E-state index in [0.29, 0.717) is 19.3 Å². The summed E-state index contributed by atoms with van der Waals surface area (Å²) in [5, 5.41) is 27.2. The number of hydrogen-bond donors (Lipinski definition) is 4. The Morgan fingerprint density at radius 2 is 0.935 bits per heavy atom. The molecule has 0 saturated carbocycles. The zero-order valence-corrected chi connectivity index (χ0v) is 40.1. The minimum absolute atomic E-state index is 0.0987. The number of hydrogen-bond acceptors (Lipinski definition) is 10. The maximum Gasteiger partial charge on any atom is 0.472 e. The standard InChI is InChI=1S/C50H91O11P/c1-46(2)38-34-30-26-22-18-14-10-6-3-4-7-11-15-19-23-27-31-35-39-49(54)58-44-48(45-60-62(56,57)59-43-47(53)42-52)61-50(55)40-36-32-28-24-20-16-12-8-5-9-13-17-21-25-29-33-37-41-51/h5,9,12,16-17,21,24,28,46-48,51-53H,3-4,6-8,10-11,13-15,18-20,22-23,25-27,29-45H2,1-2H3,(H,56,57)/b9-5-,16-12-,21-17-,28-24-/t47-,48+/m0/s1. The highest BCUT2D eigenvalue weighted by atomic mass is 31.2. The molecule has 0 aliphatic rings. The predicted molar refractivity (Wildman–Crippen MR) is 253 cm³/mol. The molecule has 0 aromatic heterocycles. The van der Waals surface area contributed by atoms with Crippen LogP contribution in [0, 0.1) is 5.92 Å². The first-order valence-electron chi connectivity index (χ1n) is 24.6. The Labute approximate surface area is 377 Å². The topological polar surface area (TPSA) is 169 Å². The van der Waals surface area contributed by atoms with E-state index in [1.807, 2.05) is 12.2 Å². The van der Waals surface area contributed by atoms with E-state index in [-0.39, 0.29) is 26.1 Å². The van der Waals surface area contributed by atoms with E-state index < -0.39 is 51.8 Å². The highest BCUT2D eigenvalue weighted by molar-refractivity contribution is 7.47. The van der Waals surface area contributed by atoms with Gasteiger partial charge in [0.15, 0.2) is 6.10 Å². The van der Waals surface area contributed by atoms with Crippen LogP contribution in [0.4, 0.5) is 0 Å². The minimum atomic E-state index is -4.64. The quantitative estimate of drug-likeness (QED) is 0.0198. The van der Waals surface area contributed by atoms with Gasteiger partial charge in [-0.2, -0.15) is 0 Å². The van der Waals surface area contributed by atoms with E-state index >= 15 is 0 Å². The second-order valence-electron chi connectivity index (χ2n) is 17.0. The molecule has 62 heavy (non-hydrogen) atoms. The predicted octanol–water partition coefficient (Wildman–Crippen LogP) is 12.5. The van der Waals surface area contributed by atoms with Gasteiger partial charge in [-0.05, 0) is 63.7 Å². The van der Waals surface area contributed by atoms with Crippen LogP contribution in [0.3, 0.4) is 0 Å². The third kappa shape index (κ3) is 45.9. The SMILES string of the molecule is CC(C)CCCCCCCCCCCCCCCCCCCCC(=O)OC[C@H](COP(=O)(O)OC[C@@H](O)CO)OC(=O)CCC/C=C\C/C=C\C/C=C\C/C=C\CCCCCO. The number of carbonyl (C=O) groups is 2. The molecule has 0 heterocycles. The summed E-state index contributed by atoms with van der Waals surface area (Å²) in [5.41, 5.74) is 0. The van der Waals surface area contributed by atoms with Gasteiger partial charge in [0, 0.05) is 19.4 Å². The molecular weight excluding hydrogens is 808 g/mol. The summed E-state index contributed by atoms with van der Waals surface area (Å²) in [6.07, 6.45) is 46.7. The summed E-state index contributed by atoms with van der Waals surface area (Å²) in [6.45, 7) is 2.70. The fraction of sp³-hybridized carbons (Fsp3) is 0.800. The smallest absolute Gasteiger partial charge is 0.462 e. The van der Waals surface area contributed by atoms with E-state index in [4.69, 9.17) is 28.7 Å². The van der Waals surface area contributed by atoms with Crippen molar-refractivity contribution in [2.45, 2.75) is 219 Å². The molecule has 0 spiro atoms. The second-order valence-corrected chi connectivity index (χ2v) is 18.5. The molecule has 0 aliphatic heterocycles. The van der Waals surface area contributed by atoms with Gasteiger partial charge in [-0.25, -0.2) is 4.57 Å². The van der Waals surface area contributed by atoms with Crippen molar-refractivity contribution in [3.8, 4) is 0 Å². The summed E-state index contributed by atoms with van der Waals surface area (Å²) in [4.78, 5) is 35.1. The van der Waals surface area contributed by atoms with Gasteiger partial charge in [0.2, 0.25) is 0 Å². The number of esters is 2. The molecule has 0 radical (unpaired) electrons. The molecule has 0 saturated heterocycles. The van der Waals surface area contributed by atoms with Gasteiger partial charge in [-0.3, -0.25) is 18.6 Å². The molecule has 0 aliphatic carbocycles. The molecule has 0 rings (SSSR count). The Kier molecular flexibility index (Phi) is 43.9. The highest BCUT2D eigenvalue weighted by Gasteiger charge is 2.27. The van der Waals surface area contributed by atoms with Gasteiger partial charge >= 0.3 is 19.8 Å². The van der Waals surface area contributed by atoms with Crippen LogP contribution in [-0.2, 0) is 32.7 Å². The lowest BCUT2D eigenvalue weighted by molar-refractivity contribution is -0.161. The Morgan fingerprint density at radius 3 is 1.42 bits per heavy atom. The molecular formula is C50H91O11P. The van der Waals surface area contributed by atoms with E-state index in [1.54, 1.807) is 0 Å². The summed E-state index contributed by atoms with van der Waals surface area (Å²) in [7, 11) is -4.64. The lowest BCUT2D eigenvalue weighted by atomic mass is 10.0. The van der Waals surface area contributed by atoms with Crippen LogP contribution in [0.1, 0.15) is 206 Å². The fourth-order valence-corrected chi connectivity index (χ4v) is 7.47. The monoisotopic (exact) mass is 899 g/mol. The Morgan fingerprint density at radius 1 is 0.516 bits per heavy atom. The van der Waals surface area contributed by atoms with E-state index in [0.717, 1.165) is 70.1 Å². The van der Waals surface area contributed by atoms with Gasteiger partial charge < -0.3 is 29.7 Å². The fourth-order valence-electron chi connectivity index (χ4n) is 6.68. The van der Waals surface area contributed by atoms with Crippen LogP contribution in [0.5, 0.6) is 0 Å². The maximum absolute atomic E-state index is 12.6. The molecule has 0 aromatic rings. The zero-order chi connectivity index (χ0) is 45.6. The van der Waals surface area contributed by atoms with Crippen LogP contribution >= 0.6 is 7.82 Å². The Balaban J connectivity index is 4.26. The lowest BCUT2D eigenvalue weighted by Crippen LogP contribution is -2.29. The highest BCUT2D eigenvalue weighted by Crippen LogP contribution is 2.43. The van der Waals surface area contributed by atoms with Crippen LogP contribution in [0.25, 0.3) is 0 Å². The normalized spacial score (nSPS) is 14.2. The third-order valence-electron chi connectivity index (χ3n) is 10.5. The van der Waals surface area contributed by atoms with E-state index in [9.17, 15) is 24.2 Å². The first kappa shape index (κ1) is 59.9. The number of phosphoric ester groups is 1. The molecule has 1 unspecified atom stereocenters. The number of aliphatic hydroxyl groups excluding tert-OH is 3. The number of ether oxygens (including phenoxy) is 2. The molecule has 362 valence electrons. The third-order valence-corrected chi connectivity index (χ3v) is 11.4. The largest absolute Gasteiger partial charge is 0.472 e. The van der Waals surface area contributed by atoms with Crippen molar-refractivity contribution in [3.63, 3.8) is 0 Å². The van der Waals surface area contributed by atoms with Gasteiger partial charge in [0.25, 0.3) is 0 Å². The second kappa shape index (κ2) is 45.5. The van der Waals surface area contributed by atoms with Gasteiger partial charge in [-0.15, -0.1) is 0 Å². The average Bonchev–Trinajstić information content (AvgIpc) is 3.25. The van der Waals surface area contributed by atoms with Gasteiger partial charge in [0.1, 0.15) is 12.7 Å². The molecule has 4 N–H and O–H groups in total. The van der Waals surface area contributed by atoms with Crippen LogP contribution in [0.15, 0.2) is 48.6 Å². The van der Waals surface area contributed by atoms with E-state index in [1.165, 1.54) is 96.3 Å². The average molecular weight is 899 g/mol. The maximum atomic E-state index is 12.6.